The average Bonchev–Trinajstić information content (AvgIpc) is 2.76. The summed E-state index contributed by atoms with van der Waals surface area (Å²) in [5.41, 5.74) is 6.02. The fraction of sp³-hybridized carbons (Fsp3) is 0. The number of carbonyl (C=O) groups excluding carboxylic acids is 1. The fourth-order valence-corrected chi connectivity index (χ4v) is 3.05. The Labute approximate surface area is 164 Å². The van der Waals surface area contributed by atoms with Gasteiger partial charge in [-0.3, -0.25) is 0 Å². The first-order valence-corrected chi connectivity index (χ1v) is 9.17. The van der Waals surface area contributed by atoms with Crippen LogP contribution in [0.2, 0.25) is 0 Å². The number of benzene rings is 4. The van der Waals surface area contributed by atoms with E-state index in [-0.39, 0.29) is 6.03 Å². The van der Waals surface area contributed by atoms with Crippen LogP contribution in [0.5, 0.6) is 0 Å². The van der Waals surface area contributed by atoms with Gasteiger partial charge in [-0.25, -0.2) is 4.79 Å². The van der Waals surface area contributed by atoms with Gasteiger partial charge in [-0.2, -0.15) is 0 Å². The second-order valence-electron chi connectivity index (χ2n) is 6.47. The van der Waals surface area contributed by atoms with Crippen molar-refractivity contribution in [2.45, 2.75) is 0 Å². The Balaban J connectivity index is 1.38. The molecule has 4 aromatic carbocycles. The van der Waals surface area contributed by atoms with E-state index in [1.165, 1.54) is 0 Å². The highest BCUT2D eigenvalue weighted by molar-refractivity contribution is 6.00. The van der Waals surface area contributed by atoms with Crippen LogP contribution in [0.1, 0.15) is 0 Å². The summed E-state index contributed by atoms with van der Waals surface area (Å²) in [5.74, 6) is 0. The van der Waals surface area contributed by atoms with E-state index in [2.05, 4.69) is 34.9 Å². The molecule has 0 fully saturated rings. The van der Waals surface area contributed by atoms with Gasteiger partial charge in [0.15, 0.2) is 0 Å². The summed E-state index contributed by atoms with van der Waals surface area (Å²) in [5, 5.41) is 5.73. The van der Waals surface area contributed by atoms with E-state index in [9.17, 15) is 4.79 Å². The van der Waals surface area contributed by atoms with E-state index in [1.54, 1.807) is 0 Å². The molecule has 0 heterocycles. The van der Waals surface area contributed by atoms with Crippen LogP contribution in [0.3, 0.4) is 0 Å². The van der Waals surface area contributed by atoms with Crippen LogP contribution < -0.4 is 10.6 Å². The lowest BCUT2D eigenvalue weighted by atomic mass is 10.1. The Morgan fingerprint density at radius 1 is 0.429 bits per heavy atom. The highest BCUT2D eigenvalue weighted by atomic mass is 16.2. The molecule has 0 atom stereocenters. The molecule has 0 saturated heterocycles. The molecule has 4 aromatic rings. The molecule has 0 aliphatic rings. The quantitative estimate of drug-likeness (QED) is 0.417. The van der Waals surface area contributed by atoms with Gasteiger partial charge < -0.3 is 10.6 Å². The van der Waals surface area contributed by atoms with Gasteiger partial charge in [0, 0.05) is 11.4 Å². The number of amides is 2. The standard InChI is InChI=1S/C25H20N2O/c28-25(26-23-15-11-21(12-16-23)19-7-3-1-4-8-19)27-24-17-13-22(14-18-24)20-9-5-2-6-10-20/h1-18H,(H2,26,27,28). The number of nitrogens with one attached hydrogen (secondary N) is 2. The molecule has 3 heteroatoms. The van der Waals surface area contributed by atoms with Crippen LogP contribution >= 0.6 is 0 Å². The van der Waals surface area contributed by atoms with E-state index in [1.807, 2.05) is 84.9 Å². The predicted molar refractivity (Wildman–Crippen MR) is 116 cm³/mol. The van der Waals surface area contributed by atoms with Crippen molar-refractivity contribution in [2.24, 2.45) is 0 Å². The Kier molecular flexibility index (Phi) is 5.16. The Morgan fingerprint density at radius 2 is 0.750 bits per heavy atom. The molecule has 0 aromatic heterocycles. The minimum absolute atomic E-state index is 0.264. The zero-order chi connectivity index (χ0) is 19.2. The molecule has 0 unspecified atom stereocenters. The predicted octanol–water partition coefficient (Wildman–Crippen LogP) is 6.66. The van der Waals surface area contributed by atoms with Gasteiger partial charge in [-0.1, -0.05) is 84.9 Å². The zero-order valence-corrected chi connectivity index (χ0v) is 15.3. The molecule has 0 aliphatic carbocycles. The van der Waals surface area contributed by atoms with Crippen molar-refractivity contribution in [1.29, 1.82) is 0 Å². The molecule has 136 valence electrons. The molecule has 28 heavy (non-hydrogen) atoms. The van der Waals surface area contributed by atoms with Gasteiger partial charge in [0.2, 0.25) is 0 Å². The summed E-state index contributed by atoms with van der Waals surface area (Å²) in [7, 11) is 0. The number of hydrogen-bond donors (Lipinski definition) is 2. The Morgan fingerprint density at radius 3 is 1.11 bits per heavy atom. The van der Waals surface area contributed by atoms with Gasteiger partial charge in [0.05, 0.1) is 0 Å². The molecular weight excluding hydrogens is 344 g/mol. The summed E-state index contributed by atoms with van der Waals surface area (Å²) in [6.07, 6.45) is 0. The molecule has 0 radical (unpaired) electrons. The highest BCUT2D eigenvalue weighted by Crippen LogP contribution is 2.22. The van der Waals surface area contributed by atoms with Gasteiger partial charge in [0.1, 0.15) is 0 Å². The molecule has 3 nitrogen and oxygen atoms in total. The van der Waals surface area contributed by atoms with Crippen LogP contribution in [0, 0.1) is 0 Å². The molecule has 2 amide bonds. The largest absolute Gasteiger partial charge is 0.323 e. The second kappa shape index (κ2) is 8.23. The molecule has 0 aliphatic heterocycles. The highest BCUT2D eigenvalue weighted by Gasteiger charge is 2.04. The van der Waals surface area contributed by atoms with Crippen molar-refractivity contribution < 1.29 is 4.79 Å². The first-order valence-electron chi connectivity index (χ1n) is 9.17. The van der Waals surface area contributed by atoms with E-state index in [0.717, 1.165) is 33.6 Å². The third-order valence-electron chi connectivity index (χ3n) is 4.50. The van der Waals surface area contributed by atoms with Gasteiger partial charge >= 0.3 is 6.03 Å². The Hall–Kier alpha value is -3.85. The van der Waals surface area contributed by atoms with Gasteiger partial charge in [0.25, 0.3) is 0 Å². The van der Waals surface area contributed by atoms with Crippen molar-refractivity contribution in [3.05, 3.63) is 109 Å². The molecule has 2 N–H and O–H groups in total. The molecule has 4 rings (SSSR count). The number of rotatable bonds is 4. The second-order valence-corrected chi connectivity index (χ2v) is 6.47. The molecule has 0 bridgehead atoms. The number of hydrogen-bond acceptors (Lipinski definition) is 1. The molecule has 0 saturated carbocycles. The summed E-state index contributed by atoms with van der Waals surface area (Å²) < 4.78 is 0. The maximum absolute atomic E-state index is 12.3. The lowest BCUT2D eigenvalue weighted by Crippen LogP contribution is -2.19. The van der Waals surface area contributed by atoms with Crippen molar-refractivity contribution in [1.82, 2.24) is 0 Å². The number of carbonyl (C=O) groups is 1. The lowest BCUT2D eigenvalue weighted by Gasteiger charge is -2.09. The van der Waals surface area contributed by atoms with Crippen LogP contribution in [-0.2, 0) is 0 Å². The first kappa shape index (κ1) is 17.6. The Bertz CT molecular complexity index is 954. The normalized spacial score (nSPS) is 10.3. The summed E-state index contributed by atoms with van der Waals surface area (Å²) >= 11 is 0. The average molecular weight is 364 g/mol. The van der Waals surface area contributed by atoms with E-state index < -0.39 is 0 Å². The van der Waals surface area contributed by atoms with Crippen LogP contribution in [0.4, 0.5) is 16.2 Å². The summed E-state index contributed by atoms with van der Waals surface area (Å²) in [6, 6.07) is 35.6. The smallest absolute Gasteiger partial charge is 0.308 e. The van der Waals surface area contributed by atoms with Crippen molar-refractivity contribution in [3.8, 4) is 22.3 Å². The van der Waals surface area contributed by atoms with E-state index in [4.69, 9.17) is 0 Å². The van der Waals surface area contributed by atoms with Crippen LogP contribution in [0.15, 0.2) is 109 Å². The first-order chi connectivity index (χ1) is 13.8. The third kappa shape index (κ3) is 4.27. The fourth-order valence-electron chi connectivity index (χ4n) is 3.05. The number of urea groups is 1. The monoisotopic (exact) mass is 364 g/mol. The van der Waals surface area contributed by atoms with E-state index in [0.29, 0.717) is 0 Å². The molecule has 0 spiro atoms. The van der Waals surface area contributed by atoms with Crippen molar-refractivity contribution >= 4 is 17.4 Å². The van der Waals surface area contributed by atoms with Gasteiger partial charge in [-0.15, -0.1) is 0 Å². The minimum Gasteiger partial charge on any atom is -0.308 e. The maximum Gasteiger partial charge on any atom is 0.323 e. The third-order valence-corrected chi connectivity index (χ3v) is 4.50. The number of anilines is 2. The SMILES string of the molecule is O=C(Nc1ccc(-c2ccccc2)cc1)Nc1ccc(-c2ccccc2)cc1. The summed E-state index contributed by atoms with van der Waals surface area (Å²) in [4.78, 5) is 12.3. The minimum atomic E-state index is -0.264. The van der Waals surface area contributed by atoms with Gasteiger partial charge in [-0.05, 0) is 46.5 Å². The maximum atomic E-state index is 12.3. The molecular formula is C25H20N2O. The zero-order valence-electron chi connectivity index (χ0n) is 15.3. The summed E-state index contributed by atoms with van der Waals surface area (Å²) in [6.45, 7) is 0. The van der Waals surface area contributed by atoms with Crippen molar-refractivity contribution in [2.75, 3.05) is 10.6 Å². The topological polar surface area (TPSA) is 41.1 Å². The van der Waals surface area contributed by atoms with Crippen molar-refractivity contribution in [3.63, 3.8) is 0 Å². The van der Waals surface area contributed by atoms with Crippen LogP contribution in [0.25, 0.3) is 22.3 Å². The van der Waals surface area contributed by atoms with Crippen LogP contribution in [-0.4, -0.2) is 6.03 Å². The van der Waals surface area contributed by atoms with E-state index >= 15 is 0 Å². The lowest BCUT2D eigenvalue weighted by molar-refractivity contribution is 0.262.